The maximum atomic E-state index is 14.2. The van der Waals surface area contributed by atoms with Gasteiger partial charge in [0.1, 0.15) is 12.4 Å². The Kier molecular flexibility index (Phi) is 8.36. The second-order valence-electron chi connectivity index (χ2n) is 10.4. The van der Waals surface area contributed by atoms with Crippen LogP contribution in [0.2, 0.25) is 0 Å². The monoisotopic (exact) mass is 625 g/mol. The largest absolute Gasteiger partial charge is 0.489 e. The van der Waals surface area contributed by atoms with E-state index in [4.69, 9.17) is 4.74 Å². The predicted molar refractivity (Wildman–Crippen MR) is 169 cm³/mol. The Bertz CT molecular complexity index is 2040. The lowest BCUT2D eigenvalue weighted by Crippen LogP contribution is -2.24. The van der Waals surface area contributed by atoms with Crippen LogP contribution in [0.4, 0.5) is 13.2 Å². The summed E-state index contributed by atoms with van der Waals surface area (Å²) in [6.07, 6.45) is -5.14. The zero-order chi connectivity index (χ0) is 31.6. The number of fused-ring (bicyclic) bond motifs is 2. The number of Topliss-reactive ketones (excluding diaryl/α,β-unsaturated/α-hetero) is 1. The Morgan fingerprint density at radius 2 is 1.51 bits per heavy atom. The molecule has 6 aromatic rings. The molecule has 5 aromatic carbocycles. The Morgan fingerprint density at radius 1 is 0.800 bits per heavy atom. The minimum Gasteiger partial charge on any atom is -0.489 e. The molecule has 0 amide bonds. The number of carboxylic acid groups (broad SMARTS) is 1. The van der Waals surface area contributed by atoms with Gasteiger partial charge in [-0.2, -0.15) is 13.2 Å². The van der Waals surface area contributed by atoms with Crippen molar-refractivity contribution >= 4 is 45.2 Å². The quantitative estimate of drug-likeness (QED) is 0.121. The number of nitrogens with zero attached hydrogens (tertiary/aromatic N) is 1. The molecular formula is C36H26F3NO4S. The number of aromatic nitrogens is 1. The number of hydrogen-bond donors (Lipinski definition) is 1. The van der Waals surface area contributed by atoms with Crippen molar-refractivity contribution in [3.63, 3.8) is 0 Å². The Hall–Kier alpha value is -5.02. The number of aromatic carboxylic acids is 1. The van der Waals surface area contributed by atoms with E-state index in [1.165, 1.54) is 23.9 Å². The molecule has 45 heavy (non-hydrogen) atoms. The summed E-state index contributed by atoms with van der Waals surface area (Å²) in [6.45, 7) is 0.133. The van der Waals surface area contributed by atoms with Gasteiger partial charge < -0.3 is 14.4 Å². The van der Waals surface area contributed by atoms with Crippen LogP contribution in [0.5, 0.6) is 5.75 Å². The molecule has 1 aromatic heterocycles. The molecule has 0 unspecified atom stereocenters. The molecule has 0 atom stereocenters. The van der Waals surface area contributed by atoms with Crippen LogP contribution in [-0.2, 0) is 18.9 Å². The molecule has 0 saturated heterocycles. The van der Waals surface area contributed by atoms with E-state index in [-0.39, 0.29) is 35.5 Å². The average molecular weight is 626 g/mol. The standard InChI is InChI=1S/C36H26F3NO4S/c37-36(38,39)34(41)33-30-19-27(44-21-23-8-2-1-3-9-23)15-17-31(30)40(20-26-12-6-7-13-29(26)35(42)43)32(33)22-45-28-16-14-24-10-4-5-11-25(24)18-28/h1-19H,20-22H2,(H,42,43). The van der Waals surface area contributed by atoms with E-state index in [2.05, 4.69) is 0 Å². The highest BCUT2D eigenvalue weighted by atomic mass is 32.2. The van der Waals surface area contributed by atoms with Gasteiger partial charge in [0.15, 0.2) is 0 Å². The molecule has 226 valence electrons. The van der Waals surface area contributed by atoms with Gasteiger partial charge in [0.2, 0.25) is 0 Å². The lowest BCUT2D eigenvalue weighted by atomic mass is 10.1. The van der Waals surface area contributed by atoms with Gasteiger partial charge in [-0.25, -0.2) is 4.79 Å². The highest BCUT2D eigenvalue weighted by Gasteiger charge is 2.42. The number of hydrogen-bond acceptors (Lipinski definition) is 4. The minimum absolute atomic E-state index is 0.0268. The lowest BCUT2D eigenvalue weighted by molar-refractivity contribution is -0.0884. The van der Waals surface area contributed by atoms with E-state index < -0.39 is 23.5 Å². The van der Waals surface area contributed by atoms with Crippen molar-refractivity contribution < 1.29 is 32.6 Å². The first-order valence-corrected chi connectivity index (χ1v) is 15.0. The molecule has 0 fully saturated rings. The molecule has 0 bridgehead atoms. The van der Waals surface area contributed by atoms with Crippen LogP contribution >= 0.6 is 11.8 Å². The number of benzene rings is 5. The van der Waals surface area contributed by atoms with Crippen molar-refractivity contribution in [2.75, 3.05) is 0 Å². The van der Waals surface area contributed by atoms with Gasteiger partial charge in [0.25, 0.3) is 5.78 Å². The van der Waals surface area contributed by atoms with Gasteiger partial charge in [0.05, 0.1) is 11.1 Å². The molecule has 1 N–H and O–H groups in total. The summed E-state index contributed by atoms with van der Waals surface area (Å²) in [7, 11) is 0. The highest BCUT2D eigenvalue weighted by molar-refractivity contribution is 7.98. The summed E-state index contributed by atoms with van der Waals surface area (Å²) in [6, 6.07) is 33.9. The third kappa shape index (κ3) is 6.44. The first-order chi connectivity index (χ1) is 21.7. The summed E-state index contributed by atoms with van der Waals surface area (Å²) >= 11 is 1.30. The summed E-state index contributed by atoms with van der Waals surface area (Å²) in [5.74, 6) is -2.79. The Morgan fingerprint density at radius 3 is 2.27 bits per heavy atom. The molecular weight excluding hydrogens is 599 g/mol. The van der Waals surface area contributed by atoms with Gasteiger partial charge in [-0.05, 0) is 58.3 Å². The van der Waals surface area contributed by atoms with Gasteiger partial charge in [-0.3, -0.25) is 4.79 Å². The maximum Gasteiger partial charge on any atom is 0.454 e. The summed E-state index contributed by atoms with van der Waals surface area (Å²) in [4.78, 5) is 26.0. The SMILES string of the molecule is O=C(O)c1ccccc1Cn1c(CSc2ccc3ccccc3c2)c(C(=O)C(F)(F)F)c2cc(OCc3ccccc3)ccc21. The third-order valence-corrected chi connectivity index (χ3v) is 8.55. The minimum atomic E-state index is -5.14. The number of ketones is 1. The van der Waals surface area contributed by atoms with Gasteiger partial charge in [0, 0.05) is 33.8 Å². The van der Waals surface area contributed by atoms with Crippen LogP contribution in [0.15, 0.2) is 120 Å². The number of thioether (sulfide) groups is 1. The Balaban J connectivity index is 1.49. The van der Waals surface area contributed by atoms with Crippen molar-refractivity contribution in [1.82, 2.24) is 4.57 Å². The van der Waals surface area contributed by atoms with Crippen molar-refractivity contribution in [2.24, 2.45) is 0 Å². The first-order valence-electron chi connectivity index (χ1n) is 14.0. The van der Waals surface area contributed by atoms with Crippen LogP contribution in [0.25, 0.3) is 21.7 Å². The Labute approximate surface area is 260 Å². The molecule has 6 rings (SSSR count). The number of ether oxygens (including phenoxy) is 1. The molecule has 0 aliphatic rings. The van der Waals surface area contributed by atoms with E-state index in [1.54, 1.807) is 34.9 Å². The van der Waals surface area contributed by atoms with Crippen LogP contribution in [-0.4, -0.2) is 27.6 Å². The van der Waals surface area contributed by atoms with E-state index in [9.17, 15) is 27.9 Å². The topological polar surface area (TPSA) is 68.5 Å². The molecule has 1 heterocycles. The van der Waals surface area contributed by atoms with Crippen molar-refractivity contribution in [3.05, 3.63) is 143 Å². The van der Waals surface area contributed by atoms with E-state index in [0.29, 0.717) is 16.8 Å². The second-order valence-corrected chi connectivity index (χ2v) is 11.5. The fraction of sp³-hybridized carbons (Fsp3) is 0.111. The molecule has 0 spiro atoms. The number of rotatable bonds is 10. The summed E-state index contributed by atoms with van der Waals surface area (Å²) in [5, 5.41) is 11.9. The number of alkyl halides is 3. The molecule has 9 heteroatoms. The maximum absolute atomic E-state index is 14.2. The van der Waals surface area contributed by atoms with E-state index in [1.807, 2.05) is 72.8 Å². The predicted octanol–water partition coefficient (Wildman–Crippen LogP) is 9.16. The van der Waals surface area contributed by atoms with Gasteiger partial charge >= 0.3 is 12.1 Å². The van der Waals surface area contributed by atoms with Crippen LogP contribution in [0, 0.1) is 0 Å². The van der Waals surface area contributed by atoms with E-state index >= 15 is 0 Å². The van der Waals surface area contributed by atoms with Crippen LogP contribution in [0.3, 0.4) is 0 Å². The highest BCUT2D eigenvalue weighted by Crippen LogP contribution is 2.38. The zero-order valence-electron chi connectivity index (χ0n) is 23.8. The van der Waals surface area contributed by atoms with E-state index in [0.717, 1.165) is 21.2 Å². The normalized spacial score (nSPS) is 11.6. The van der Waals surface area contributed by atoms with Gasteiger partial charge in [-0.15, -0.1) is 11.8 Å². The fourth-order valence-corrected chi connectivity index (χ4v) is 6.37. The molecule has 5 nitrogen and oxygen atoms in total. The zero-order valence-corrected chi connectivity index (χ0v) is 24.6. The third-order valence-electron chi connectivity index (χ3n) is 7.55. The van der Waals surface area contributed by atoms with Crippen molar-refractivity contribution in [1.29, 1.82) is 0 Å². The smallest absolute Gasteiger partial charge is 0.454 e. The number of halogens is 3. The lowest BCUT2D eigenvalue weighted by Gasteiger charge is -2.15. The molecule has 0 saturated carbocycles. The summed E-state index contributed by atoms with van der Waals surface area (Å²) < 4.78 is 50.1. The van der Waals surface area contributed by atoms with Crippen LogP contribution < -0.4 is 4.74 Å². The first kappa shape index (κ1) is 30.0. The van der Waals surface area contributed by atoms with Crippen LogP contribution in [0.1, 0.15) is 37.5 Å². The van der Waals surface area contributed by atoms with Crippen molar-refractivity contribution in [3.8, 4) is 5.75 Å². The number of carbonyl (C=O) groups excluding carboxylic acids is 1. The fourth-order valence-electron chi connectivity index (χ4n) is 5.39. The molecule has 0 radical (unpaired) electrons. The van der Waals surface area contributed by atoms with Crippen molar-refractivity contribution in [2.45, 2.75) is 30.0 Å². The molecule has 0 aliphatic heterocycles. The van der Waals surface area contributed by atoms with Gasteiger partial charge in [-0.1, -0.05) is 78.9 Å². The average Bonchev–Trinajstić information content (AvgIpc) is 3.34. The number of carbonyl (C=O) groups is 2. The second kappa shape index (κ2) is 12.5. The summed E-state index contributed by atoms with van der Waals surface area (Å²) in [5.41, 5.74) is 1.34. The molecule has 0 aliphatic carbocycles. The number of carboxylic acids is 1.